The summed E-state index contributed by atoms with van der Waals surface area (Å²) in [5.41, 5.74) is 0. The van der Waals surface area contributed by atoms with Crippen LogP contribution in [0.3, 0.4) is 0 Å². The average molecular weight is 253 g/mol. The molecule has 6 heteroatoms. The van der Waals surface area contributed by atoms with Crippen molar-refractivity contribution in [3.63, 3.8) is 0 Å². The molecule has 1 rings (SSSR count). The highest BCUT2D eigenvalue weighted by Gasteiger charge is 2.11. The minimum absolute atomic E-state index is 0.136. The number of aryl methyl sites for hydroxylation is 1. The molecule has 6 nitrogen and oxygen atoms in total. The van der Waals surface area contributed by atoms with Gasteiger partial charge in [0.15, 0.2) is 0 Å². The van der Waals surface area contributed by atoms with E-state index in [1.807, 2.05) is 19.1 Å². The highest BCUT2D eigenvalue weighted by Crippen LogP contribution is 2.08. The number of furan rings is 1. The van der Waals surface area contributed by atoms with Gasteiger partial charge in [0.2, 0.25) is 5.91 Å². The number of likely N-dealkylation sites (N-methyl/N-ethyl adjacent to an activating group) is 1. The fourth-order valence-corrected chi connectivity index (χ4v) is 1.51. The van der Waals surface area contributed by atoms with Crippen molar-refractivity contribution in [3.05, 3.63) is 23.7 Å². The summed E-state index contributed by atoms with van der Waals surface area (Å²) < 4.78 is 5.40. The first-order valence-electron chi connectivity index (χ1n) is 5.82. The Morgan fingerprint density at radius 2 is 2.11 bits per heavy atom. The maximum atomic E-state index is 11.5. The van der Waals surface area contributed by atoms with E-state index in [4.69, 9.17) is 4.42 Å². The fraction of sp³-hybridized carbons (Fsp3) is 0.500. The molecule has 0 saturated heterocycles. The molecule has 0 unspecified atom stereocenters. The van der Waals surface area contributed by atoms with Crippen LogP contribution in [0.4, 0.5) is 4.79 Å². The third-order valence-electron chi connectivity index (χ3n) is 2.23. The first-order valence-corrected chi connectivity index (χ1v) is 5.82. The van der Waals surface area contributed by atoms with Gasteiger partial charge in [-0.3, -0.25) is 15.0 Å². The molecule has 3 amide bonds. The van der Waals surface area contributed by atoms with E-state index in [1.165, 1.54) is 0 Å². The van der Waals surface area contributed by atoms with Crippen LogP contribution in [0.2, 0.25) is 0 Å². The van der Waals surface area contributed by atoms with Crippen molar-refractivity contribution < 1.29 is 14.0 Å². The van der Waals surface area contributed by atoms with Crippen molar-refractivity contribution in [1.29, 1.82) is 0 Å². The largest absolute Gasteiger partial charge is 0.465 e. The van der Waals surface area contributed by atoms with Crippen LogP contribution in [0, 0.1) is 6.92 Å². The van der Waals surface area contributed by atoms with Crippen LogP contribution in [0.5, 0.6) is 0 Å². The second-order valence-electron chi connectivity index (χ2n) is 4.09. The number of rotatable bonds is 5. The number of carbonyl (C=O) groups is 2. The van der Waals surface area contributed by atoms with E-state index in [-0.39, 0.29) is 12.5 Å². The molecule has 1 aromatic rings. The molecular weight excluding hydrogens is 234 g/mol. The number of imide groups is 1. The third-order valence-corrected chi connectivity index (χ3v) is 2.23. The molecule has 0 spiro atoms. The molecule has 0 aliphatic carbocycles. The molecule has 0 aliphatic rings. The molecule has 0 atom stereocenters. The fourth-order valence-electron chi connectivity index (χ4n) is 1.51. The van der Waals surface area contributed by atoms with E-state index < -0.39 is 6.03 Å². The SMILES string of the molecule is CCNC(=O)NC(=O)CN(C)Cc1ccc(C)o1. The van der Waals surface area contributed by atoms with Gasteiger partial charge < -0.3 is 9.73 Å². The number of carbonyl (C=O) groups excluding carboxylic acids is 2. The van der Waals surface area contributed by atoms with Crippen molar-refractivity contribution in [2.75, 3.05) is 20.1 Å². The Morgan fingerprint density at radius 1 is 1.39 bits per heavy atom. The summed E-state index contributed by atoms with van der Waals surface area (Å²) in [6.45, 7) is 4.80. The number of nitrogens with one attached hydrogen (secondary N) is 2. The standard InChI is InChI=1S/C12H19N3O3/c1-4-13-12(17)14-11(16)8-15(3)7-10-6-5-9(2)18-10/h5-6H,4,7-8H2,1-3H3,(H2,13,14,16,17). The van der Waals surface area contributed by atoms with E-state index in [0.29, 0.717) is 13.1 Å². The van der Waals surface area contributed by atoms with E-state index in [0.717, 1.165) is 11.5 Å². The van der Waals surface area contributed by atoms with E-state index in [9.17, 15) is 9.59 Å². The monoisotopic (exact) mass is 253 g/mol. The minimum atomic E-state index is -0.468. The molecular formula is C12H19N3O3. The molecule has 0 bridgehead atoms. The highest BCUT2D eigenvalue weighted by atomic mass is 16.3. The van der Waals surface area contributed by atoms with Crippen LogP contribution >= 0.6 is 0 Å². The van der Waals surface area contributed by atoms with Crippen LogP contribution in [0.15, 0.2) is 16.5 Å². The summed E-state index contributed by atoms with van der Waals surface area (Å²) >= 11 is 0. The second-order valence-corrected chi connectivity index (χ2v) is 4.09. The number of nitrogens with zero attached hydrogens (tertiary/aromatic N) is 1. The summed E-state index contributed by atoms with van der Waals surface area (Å²) in [5.74, 6) is 1.29. The minimum Gasteiger partial charge on any atom is -0.465 e. The van der Waals surface area contributed by atoms with Crippen molar-refractivity contribution in [3.8, 4) is 0 Å². The maximum absolute atomic E-state index is 11.5. The van der Waals surface area contributed by atoms with E-state index in [2.05, 4.69) is 10.6 Å². The van der Waals surface area contributed by atoms with Crippen molar-refractivity contribution in [1.82, 2.24) is 15.5 Å². The summed E-state index contributed by atoms with van der Waals surface area (Å²) in [6.07, 6.45) is 0. The quantitative estimate of drug-likeness (QED) is 0.816. The average Bonchev–Trinajstić information content (AvgIpc) is 2.63. The lowest BCUT2D eigenvalue weighted by atomic mass is 10.4. The van der Waals surface area contributed by atoms with Crippen LogP contribution < -0.4 is 10.6 Å². The Morgan fingerprint density at radius 3 is 2.67 bits per heavy atom. The molecule has 0 aliphatic heterocycles. The Kier molecular flexibility index (Phi) is 5.38. The predicted molar refractivity (Wildman–Crippen MR) is 67.0 cm³/mol. The van der Waals surface area contributed by atoms with Crippen LogP contribution in [-0.4, -0.2) is 37.0 Å². The van der Waals surface area contributed by atoms with Crippen molar-refractivity contribution in [2.24, 2.45) is 0 Å². The van der Waals surface area contributed by atoms with E-state index in [1.54, 1.807) is 18.9 Å². The Bertz CT molecular complexity index is 414. The molecule has 0 aromatic carbocycles. The first-order chi connectivity index (χ1) is 8.51. The zero-order valence-electron chi connectivity index (χ0n) is 10.9. The summed E-state index contributed by atoms with van der Waals surface area (Å²) in [5, 5.41) is 4.74. The van der Waals surface area contributed by atoms with Gasteiger partial charge in [-0.25, -0.2) is 4.79 Å². The second kappa shape index (κ2) is 6.80. The number of urea groups is 1. The molecule has 2 N–H and O–H groups in total. The Labute approximate surface area is 106 Å². The van der Waals surface area contributed by atoms with E-state index >= 15 is 0 Å². The van der Waals surface area contributed by atoms with Gasteiger partial charge >= 0.3 is 6.03 Å². The number of amides is 3. The molecule has 1 heterocycles. The highest BCUT2D eigenvalue weighted by molar-refractivity contribution is 5.95. The predicted octanol–water partition coefficient (Wildman–Crippen LogP) is 0.866. The van der Waals surface area contributed by atoms with Gasteiger partial charge in [0, 0.05) is 6.54 Å². The number of hydrogen-bond donors (Lipinski definition) is 2. The lowest BCUT2D eigenvalue weighted by Crippen LogP contribution is -2.43. The molecule has 100 valence electrons. The van der Waals surface area contributed by atoms with Crippen LogP contribution in [-0.2, 0) is 11.3 Å². The molecule has 1 aromatic heterocycles. The lowest BCUT2D eigenvalue weighted by Gasteiger charge is -2.14. The zero-order chi connectivity index (χ0) is 13.5. The normalized spacial score (nSPS) is 10.4. The topological polar surface area (TPSA) is 74.6 Å². The molecule has 0 fully saturated rings. The number of hydrogen-bond acceptors (Lipinski definition) is 4. The van der Waals surface area contributed by atoms with Crippen LogP contribution in [0.25, 0.3) is 0 Å². The van der Waals surface area contributed by atoms with Gasteiger partial charge in [0.05, 0.1) is 13.1 Å². The van der Waals surface area contributed by atoms with Gasteiger partial charge in [-0.15, -0.1) is 0 Å². The van der Waals surface area contributed by atoms with Gasteiger partial charge in [-0.05, 0) is 33.0 Å². The third kappa shape index (κ3) is 5.01. The Balaban J connectivity index is 2.33. The summed E-state index contributed by atoms with van der Waals surface area (Å²) in [7, 11) is 1.79. The first kappa shape index (κ1) is 14.2. The molecule has 0 saturated carbocycles. The Hall–Kier alpha value is -1.82. The van der Waals surface area contributed by atoms with Crippen LogP contribution in [0.1, 0.15) is 18.4 Å². The molecule has 0 radical (unpaired) electrons. The van der Waals surface area contributed by atoms with Gasteiger partial charge in [-0.1, -0.05) is 0 Å². The summed E-state index contributed by atoms with van der Waals surface area (Å²) in [4.78, 5) is 24.4. The summed E-state index contributed by atoms with van der Waals surface area (Å²) in [6, 6.07) is 3.27. The van der Waals surface area contributed by atoms with Crippen molar-refractivity contribution in [2.45, 2.75) is 20.4 Å². The van der Waals surface area contributed by atoms with Crippen molar-refractivity contribution >= 4 is 11.9 Å². The van der Waals surface area contributed by atoms with Gasteiger partial charge in [-0.2, -0.15) is 0 Å². The smallest absolute Gasteiger partial charge is 0.321 e. The van der Waals surface area contributed by atoms with Gasteiger partial charge in [0.1, 0.15) is 11.5 Å². The maximum Gasteiger partial charge on any atom is 0.321 e. The van der Waals surface area contributed by atoms with Gasteiger partial charge in [0.25, 0.3) is 0 Å². The lowest BCUT2D eigenvalue weighted by molar-refractivity contribution is -0.121. The molecule has 18 heavy (non-hydrogen) atoms. The zero-order valence-corrected chi connectivity index (χ0v) is 10.9.